The van der Waals surface area contributed by atoms with Crippen LogP contribution in [0.2, 0.25) is 0 Å². The molecule has 5 aromatic rings. The van der Waals surface area contributed by atoms with E-state index in [0.717, 1.165) is 0 Å². The van der Waals surface area contributed by atoms with Crippen molar-refractivity contribution < 1.29 is 0 Å². The fourth-order valence-electron chi connectivity index (χ4n) is 4.21. The summed E-state index contributed by atoms with van der Waals surface area (Å²) in [6.07, 6.45) is 0. The average molecular weight is 420 g/mol. The molecule has 1 heteroatoms. The average Bonchev–Trinajstić information content (AvgIpc) is 2.79. The first kappa shape index (κ1) is 19.9. The van der Waals surface area contributed by atoms with Gasteiger partial charge in [0.05, 0.1) is 0 Å². The summed E-state index contributed by atoms with van der Waals surface area (Å²) in [6, 6.07) is 40.3. The molecule has 0 saturated carbocycles. The van der Waals surface area contributed by atoms with Gasteiger partial charge in [0, 0.05) is 10.8 Å². The van der Waals surface area contributed by atoms with E-state index >= 15 is 0 Å². The van der Waals surface area contributed by atoms with Gasteiger partial charge in [0.15, 0.2) is 14.7 Å². The predicted molar refractivity (Wildman–Crippen MR) is 135 cm³/mol. The van der Waals surface area contributed by atoms with Crippen molar-refractivity contribution >= 4 is 32.4 Å². The normalized spacial score (nSPS) is 12.0. The van der Waals surface area contributed by atoms with Crippen LogP contribution >= 0.6 is 0 Å². The number of rotatable bonds is 3. The van der Waals surface area contributed by atoms with E-state index in [2.05, 4.69) is 130 Å². The van der Waals surface area contributed by atoms with Gasteiger partial charge in [-0.1, -0.05) is 93.6 Å². The molecule has 0 spiro atoms. The third-order valence-corrected chi connectivity index (χ3v) is 8.23. The van der Waals surface area contributed by atoms with Gasteiger partial charge in [-0.25, -0.2) is 0 Å². The Morgan fingerprint density at radius 3 is 1.42 bits per heavy atom. The Morgan fingerprint density at radius 2 is 0.935 bits per heavy atom. The molecular formula is C30H27S+. The molecule has 0 heterocycles. The fraction of sp³-hybridized carbons (Fsp3) is 0.133. The Labute approximate surface area is 187 Å². The minimum Gasteiger partial charge on any atom is -0.0616 e. The van der Waals surface area contributed by atoms with Gasteiger partial charge in [-0.3, -0.25) is 0 Å². The predicted octanol–water partition coefficient (Wildman–Crippen LogP) is 8.39. The summed E-state index contributed by atoms with van der Waals surface area (Å²) in [5.74, 6) is 0. The molecule has 5 aromatic carbocycles. The lowest BCUT2D eigenvalue weighted by Crippen LogP contribution is -2.12. The second kappa shape index (κ2) is 7.90. The second-order valence-corrected chi connectivity index (χ2v) is 11.0. The monoisotopic (exact) mass is 419 g/mol. The first-order valence-corrected chi connectivity index (χ1v) is 12.1. The molecule has 0 atom stereocenters. The van der Waals surface area contributed by atoms with Gasteiger partial charge in [0.1, 0.15) is 10.9 Å². The summed E-state index contributed by atoms with van der Waals surface area (Å²) < 4.78 is 0. The maximum absolute atomic E-state index is 2.34. The summed E-state index contributed by atoms with van der Waals surface area (Å²) in [5, 5.41) is 5.26. The molecule has 0 aliphatic heterocycles. The molecule has 31 heavy (non-hydrogen) atoms. The maximum Gasteiger partial charge on any atom is 0.174 e. The van der Waals surface area contributed by atoms with Crippen LogP contribution in [0.3, 0.4) is 0 Å². The highest BCUT2D eigenvalue weighted by Crippen LogP contribution is 2.39. The van der Waals surface area contributed by atoms with Crippen LogP contribution in [0.25, 0.3) is 21.5 Å². The fourth-order valence-corrected chi connectivity index (χ4v) is 6.60. The summed E-state index contributed by atoms with van der Waals surface area (Å²) in [6.45, 7) is 6.82. The van der Waals surface area contributed by atoms with Gasteiger partial charge in [0.25, 0.3) is 0 Å². The third-order valence-electron chi connectivity index (χ3n) is 5.90. The standard InChI is InChI=1S/C30H27S/c1-30(2,3)24-18-20-25(21-19-24)31(28-16-8-12-22-10-4-6-14-26(22)28)29-17-9-13-23-11-5-7-15-27(23)29/h4-21H,1-3H3/q+1. The van der Waals surface area contributed by atoms with E-state index in [0.29, 0.717) is 0 Å². The zero-order valence-corrected chi connectivity index (χ0v) is 19.1. The minimum atomic E-state index is -0.199. The van der Waals surface area contributed by atoms with Gasteiger partial charge in [0.2, 0.25) is 0 Å². The Morgan fingerprint density at radius 1 is 0.484 bits per heavy atom. The Hall–Kier alpha value is -3.03. The van der Waals surface area contributed by atoms with Crippen LogP contribution in [0.15, 0.2) is 124 Å². The quantitative estimate of drug-likeness (QED) is 0.258. The SMILES string of the molecule is CC(C)(C)c1ccc([S+](c2cccc3ccccc23)c2cccc3ccccc23)cc1. The van der Waals surface area contributed by atoms with Crippen molar-refractivity contribution in [2.75, 3.05) is 0 Å². The van der Waals surface area contributed by atoms with Gasteiger partial charge >= 0.3 is 0 Å². The Kier molecular flexibility index (Phi) is 5.08. The van der Waals surface area contributed by atoms with E-state index in [1.54, 1.807) is 0 Å². The summed E-state index contributed by atoms with van der Waals surface area (Å²) in [7, 11) is -0.199. The zero-order chi connectivity index (χ0) is 21.4. The van der Waals surface area contributed by atoms with Crippen LogP contribution in [-0.4, -0.2) is 0 Å². The molecule has 0 N–H and O–H groups in total. The van der Waals surface area contributed by atoms with E-state index in [1.807, 2.05) is 0 Å². The lowest BCUT2D eigenvalue weighted by molar-refractivity contribution is 0.589. The number of hydrogen-bond donors (Lipinski definition) is 0. The Balaban J connectivity index is 1.79. The molecule has 0 aliphatic carbocycles. The van der Waals surface area contributed by atoms with Gasteiger partial charge in [-0.15, -0.1) is 0 Å². The molecule has 0 radical (unpaired) electrons. The lowest BCUT2D eigenvalue weighted by atomic mass is 9.87. The van der Waals surface area contributed by atoms with E-state index in [-0.39, 0.29) is 16.3 Å². The molecule has 0 aliphatic rings. The van der Waals surface area contributed by atoms with Crippen LogP contribution < -0.4 is 0 Å². The second-order valence-electron chi connectivity index (χ2n) is 9.04. The summed E-state index contributed by atoms with van der Waals surface area (Å²) in [4.78, 5) is 4.14. The number of benzene rings is 5. The summed E-state index contributed by atoms with van der Waals surface area (Å²) in [5.41, 5.74) is 1.52. The molecule has 5 rings (SSSR count). The molecule has 0 unspecified atom stereocenters. The van der Waals surface area contributed by atoms with Crippen molar-refractivity contribution in [3.05, 3.63) is 115 Å². The Bertz CT molecular complexity index is 1270. The first-order valence-electron chi connectivity index (χ1n) is 10.8. The lowest BCUT2D eigenvalue weighted by Gasteiger charge is -2.19. The number of fused-ring (bicyclic) bond motifs is 2. The van der Waals surface area contributed by atoms with Crippen molar-refractivity contribution in [3.8, 4) is 0 Å². The van der Waals surface area contributed by atoms with Crippen LogP contribution in [0.4, 0.5) is 0 Å². The van der Waals surface area contributed by atoms with E-state index in [4.69, 9.17) is 0 Å². The molecule has 0 bridgehead atoms. The molecule has 0 aromatic heterocycles. The highest BCUT2D eigenvalue weighted by molar-refractivity contribution is 7.97. The molecule has 0 fully saturated rings. The molecule has 0 amide bonds. The zero-order valence-electron chi connectivity index (χ0n) is 18.3. The van der Waals surface area contributed by atoms with Crippen LogP contribution in [0.5, 0.6) is 0 Å². The minimum absolute atomic E-state index is 0.149. The van der Waals surface area contributed by atoms with Gasteiger partial charge < -0.3 is 0 Å². The number of hydrogen-bond acceptors (Lipinski definition) is 0. The highest BCUT2D eigenvalue weighted by Gasteiger charge is 2.32. The molecule has 152 valence electrons. The van der Waals surface area contributed by atoms with E-state index in [9.17, 15) is 0 Å². The summed E-state index contributed by atoms with van der Waals surface area (Å²) >= 11 is 0. The molecular weight excluding hydrogens is 392 g/mol. The third kappa shape index (κ3) is 3.75. The van der Waals surface area contributed by atoms with Crippen LogP contribution in [0.1, 0.15) is 26.3 Å². The van der Waals surface area contributed by atoms with Crippen LogP contribution in [-0.2, 0) is 16.3 Å². The van der Waals surface area contributed by atoms with Gasteiger partial charge in [-0.05, 0) is 58.1 Å². The van der Waals surface area contributed by atoms with E-state index in [1.165, 1.54) is 41.8 Å². The van der Waals surface area contributed by atoms with Gasteiger partial charge in [-0.2, -0.15) is 0 Å². The molecule has 0 saturated heterocycles. The van der Waals surface area contributed by atoms with Crippen molar-refractivity contribution in [3.63, 3.8) is 0 Å². The molecule has 0 nitrogen and oxygen atoms in total. The van der Waals surface area contributed by atoms with Crippen LogP contribution in [0, 0.1) is 0 Å². The van der Waals surface area contributed by atoms with Crippen molar-refractivity contribution in [2.45, 2.75) is 40.9 Å². The highest BCUT2D eigenvalue weighted by atomic mass is 32.2. The maximum atomic E-state index is 2.34. The van der Waals surface area contributed by atoms with Crippen molar-refractivity contribution in [1.29, 1.82) is 0 Å². The smallest absolute Gasteiger partial charge is 0.0616 e. The largest absolute Gasteiger partial charge is 0.174 e. The topological polar surface area (TPSA) is 0 Å². The van der Waals surface area contributed by atoms with Crippen molar-refractivity contribution in [2.24, 2.45) is 0 Å². The first-order chi connectivity index (χ1) is 15.0. The van der Waals surface area contributed by atoms with E-state index < -0.39 is 0 Å². The van der Waals surface area contributed by atoms with Crippen molar-refractivity contribution in [1.82, 2.24) is 0 Å².